The lowest BCUT2D eigenvalue weighted by atomic mass is 10.1. The van der Waals surface area contributed by atoms with Crippen LogP contribution in [0.2, 0.25) is 5.02 Å². The topological polar surface area (TPSA) is 32.3 Å². The zero-order valence-electron chi connectivity index (χ0n) is 12.5. The largest absolute Gasteiger partial charge is 0.348 e. The molecule has 2 fully saturated rings. The molecule has 2 unspecified atom stereocenters. The van der Waals surface area contributed by atoms with Crippen LogP contribution in [0.25, 0.3) is 0 Å². The maximum absolute atomic E-state index is 12.2. The normalized spacial score (nSPS) is 29.7. The standard InChI is InChI=1S/C17H23ClN2O/c1-12-3-2-4-16(12)20-10-9-15(11-20)19-17(21)13-5-7-14(18)8-6-13/h5-8,12,15-16H,2-4,9-11H2,1H3,(H,19,21)/t12?,15-,16?/m0/s1. The van der Waals surface area contributed by atoms with Crippen molar-refractivity contribution in [1.29, 1.82) is 0 Å². The van der Waals surface area contributed by atoms with Gasteiger partial charge in [0.05, 0.1) is 0 Å². The lowest BCUT2D eigenvalue weighted by molar-refractivity contribution is 0.0935. The molecule has 3 atom stereocenters. The van der Waals surface area contributed by atoms with Gasteiger partial charge >= 0.3 is 0 Å². The van der Waals surface area contributed by atoms with Crippen molar-refractivity contribution in [2.45, 2.75) is 44.7 Å². The van der Waals surface area contributed by atoms with Gasteiger partial charge in [-0.3, -0.25) is 9.69 Å². The van der Waals surface area contributed by atoms with Gasteiger partial charge in [-0.25, -0.2) is 0 Å². The van der Waals surface area contributed by atoms with E-state index in [2.05, 4.69) is 17.1 Å². The quantitative estimate of drug-likeness (QED) is 0.929. The Kier molecular flexibility index (Phi) is 4.51. The Morgan fingerprint density at radius 3 is 2.67 bits per heavy atom. The Morgan fingerprint density at radius 1 is 1.24 bits per heavy atom. The summed E-state index contributed by atoms with van der Waals surface area (Å²) in [6.07, 6.45) is 5.08. The van der Waals surface area contributed by atoms with E-state index in [-0.39, 0.29) is 11.9 Å². The minimum Gasteiger partial charge on any atom is -0.348 e. The van der Waals surface area contributed by atoms with Gasteiger partial charge in [-0.05, 0) is 49.4 Å². The van der Waals surface area contributed by atoms with Gasteiger partial charge in [-0.2, -0.15) is 0 Å². The third kappa shape index (κ3) is 3.41. The highest BCUT2D eigenvalue weighted by atomic mass is 35.5. The number of benzene rings is 1. The summed E-state index contributed by atoms with van der Waals surface area (Å²) < 4.78 is 0. The summed E-state index contributed by atoms with van der Waals surface area (Å²) in [6.45, 7) is 4.46. The molecule has 0 radical (unpaired) electrons. The average Bonchev–Trinajstić information content (AvgIpc) is 3.08. The molecule has 1 aromatic rings. The van der Waals surface area contributed by atoms with Crippen molar-refractivity contribution in [1.82, 2.24) is 10.2 Å². The lowest BCUT2D eigenvalue weighted by Gasteiger charge is -2.27. The van der Waals surface area contributed by atoms with Crippen molar-refractivity contribution < 1.29 is 4.79 Å². The maximum Gasteiger partial charge on any atom is 0.251 e. The molecule has 0 spiro atoms. The summed E-state index contributed by atoms with van der Waals surface area (Å²) in [6, 6.07) is 8.09. The number of nitrogens with zero attached hydrogens (tertiary/aromatic N) is 1. The summed E-state index contributed by atoms with van der Waals surface area (Å²) >= 11 is 5.85. The van der Waals surface area contributed by atoms with Crippen molar-refractivity contribution in [3.05, 3.63) is 34.9 Å². The van der Waals surface area contributed by atoms with E-state index in [1.165, 1.54) is 19.3 Å². The maximum atomic E-state index is 12.2. The van der Waals surface area contributed by atoms with Gasteiger partial charge in [0.2, 0.25) is 0 Å². The smallest absolute Gasteiger partial charge is 0.251 e. The number of likely N-dealkylation sites (tertiary alicyclic amines) is 1. The average molecular weight is 307 g/mol. The second-order valence-corrected chi connectivity index (χ2v) is 6.87. The Bertz CT molecular complexity index is 502. The second-order valence-electron chi connectivity index (χ2n) is 6.44. The molecular formula is C17H23ClN2O. The highest BCUT2D eigenvalue weighted by Gasteiger charge is 2.34. The minimum atomic E-state index is 0.0120. The molecule has 1 saturated carbocycles. The van der Waals surface area contributed by atoms with Gasteiger partial charge in [-0.1, -0.05) is 24.9 Å². The summed E-state index contributed by atoms with van der Waals surface area (Å²) in [5.41, 5.74) is 0.687. The predicted octanol–water partition coefficient (Wildman–Crippen LogP) is 3.33. The van der Waals surface area contributed by atoms with E-state index in [4.69, 9.17) is 11.6 Å². The molecule has 1 aliphatic heterocycles. The minimum absolute atomic E-state index is 0.0120. The van der Waals surface area contributed by atoms with Crippen LogP contribution >= 0.6 is 11.6 Å². The first kappa shape index (κ1) is 14.9. The molecule has 0 aromatic heterocycles. The monoisotopic (exact) mass is 306 g/mol. The van der Waals surface area contributed by atoms with Gasteiger partial charge < -0.3 is 5.32 Å². The summed E-state index contributed by atoms with van der Waals surface area (Å²) in [4.78, 5) is 14.8. The van der Waals surface area contributed by atoms with Crippen LogP contribution in [0.15, 0.2) is 24.3 Å². The SMILES string of the molecule is CC1CCCC1N1CC[C@H](NC(=O)c2ccc(Cl)cc2)C1. The van der Waals surface area contributed by atoms with Crippen LogP contribution in [0.3, 0.4) is 0 Å². The second kappa shape index (κ2) is 6.37. The molecule has 3 nitrogen and oxygen atoms in total. The number of carbonyl (C=O) groups is 1. The van der Waals surface area contributed by atoms with Gasteiger partial charge in [0.15, 0.2) is 0 Å². The lowest BCUT2D eigenvalue weighted by Crippen LogP contribution is -2.40. The van der Waals surface area contributed by atoms with Gasteiger partial charge in [0.25, 0.3) is 5.91 Å². The molecule has 1 amide bonds. The first-order valence-electron chi connectivity index (χ1n) is 7.94. The summed E-state index contributed by atoms with van der Waals surface area (Å²) in [5.74, 6) is 0.814. The van der Waals surface area contributed by atoms with E-state index >= 15 is 0 Å². The van der Waals surface area contributed by atoms with Crippen molar-refractivity contribution >= 4 is 17.5 Å². The van der Waals surface area contributed by atoms with Gasteiger partial charge in [0.1, 0.15) is 0 Å². The molecule has 2 aliphatic rings. The molecule has 4 heteroatoms. The number of carbonyl (C=O) groups excluding carboxylic acids is 1. The number of rotatable bonds is 3. The van der Waals surface area contributed by atoms with Crippen LogP contribution in [-0.2, 0) is 0 Å². The molecule has 3 rings (SSSR count). The van der Waals surface area contributed by atoms with Crippen LogP contribution in [0, 0.1) is 5.92 Å². The first-order valence-corrected chi connectivity index (χ1v) is 8.32. The van der Waals surface area contributed by atoms with Crippen LogP contribution in [0.5, 0.6) is 0 Å². The van der Waals surface area contributed by atoms with Crippen LogP contribution in [0.4, 0.5) is 0 Å². The van der Waals surface area contributed by atoms with Crippen LogP contribution in [-0.4, -0.2) is 36.0 Å². The predicted molar refractivity (Wildman–Crippen MR) is 85.7 cm³/mol. The fourth-order valence-corrected chi connectivity index (χ4v) is 3.87. The van der Waals surface area contributed by atoms with Crippen molar-refractivity contribution in [2.75, 3.05) is 13.1 Å². The van der Waals surface area contributed by atoms with Crippen LogP contribution < -0.4 is 5.32 Å². The summed E-state index contributed by atoms with van der Waals surface area (Å²) in [7, 11) is 0. The molecule has 1 aromatic carbocycles. The molecular weight excluding hydrogens is 284 g/mol. The van der Waals surface area contributed by atoms with Crippen molar-refractivity contribution in [3.8, 4) is 0 Å². The fourth-order valence-electron chi connectivity index (χ4n) is 3.74. The highest BCUT2D eigenvalue weighted by molar-refractivity contribution is 6.30. The molecule has 21 heavy (non-hydrogen) atoms. The Hall–Kier alpha value is -1.06. The van der Waals surface area contributed by atoms with E-state index in [0.717, 1.165) is 31.5 Å². The Labute approximate surface area is 131 Å². The number of amides is 1. The zero-order chi connectivity index (χ0) is 14.8. The molecule has 1 N–H and O–H groups in total. The summed E-state index contributed by atoms with van der Waals surface area (Å²) in [5, 5.41) is 3.82. The van der Waals surface area contributed by atoms with Crippen LogP contribution in [0.1, 0.15) is 43.0 Å². The number of nitrogens with one attached hydrogen (secondary N) is 1. The molecule has 0 bridgehead atoms. The van der Waals surface area contributed by atoms with Crippen molar-refractivity contribution in [2.24, 2.45) is 5.92 Å². The van der Waals surface area contributed by atoms with Gasteiger partial charge in [0, 0.05) is 35.8 Å². The Morgan fingerprint density at radius 2 is 2.00 bits per heavy atom. The van der Waals surface area contributed by atoms with E-state index < -0.39 is 0 Å². The van der Waals surface area contributed by atoms with E-state index in [9.17, 15) is 4.79 Å². The number of hydrogen-bond acceptors (Lipinski definition) is 2. The molecule has 1 aliphatic carbocycles. The van der Waals surface area contributed by atoms with E-state index in [1.807, 2.05) is 0 Å². The number of halogens is 1. The third-order valence-electron chi connectivity index (χ3n) is 4.95. The highest BCUT2D eigenvalue weighted by Crippen LogP contribution is 2.31. The number of hydrogen-bond donors (Lipinski definition) is 1. The third-order valence-corrected chi connectivity index (χ3v) is 5.20. The van der Waals surface area contributed by atoms with Gasteiger partial charge in [-0.15, -0.1) is 0 Å². The van der Waals surface area contributed by atoms with E-state index in [1.54, 1.807) is 24.3 Å². The van der Waals surface area contributed by atoms with Crippen molar-refractivity contribution in [3.63, 3.8) is 0 Å². The fraction of sp³-hybridized carbons (Fsp3) is 0.588. The Balaban J connectivity index is 1.54. The first-order chi connectivity index (χ1) is 10.1. The zero-order valence-corrected chi connectivity index (χ0v) is 13.3. The molecule has 114 valence electrons. The molecule has 1 saturated heterocycles. The molecule has 1 heterocycles. The van der Waals surface area contributed by atoms with E-state index in [0.29, 0.717) is 10.6 Å².